The van der Waals surface area contributed by atoms with Crippen molar-refractivity contribution in [2.45, 2.75) is 11.1 Å². The smallest absolute Gasteiger partial charge is 0.232 e. The minimum Gasteiger partial charge on any atom is -0.339 e. The van der Waals surface area contributed by atoms with E-state index in [-0.39, 0.29) is 0 Å². The zero-order valence-corrected chi connectivity index (χ0v) is 12.2. The Morgan fingerprint density at radius 2 is 1.89 bits per heavy atom. The Balaban J connectivity index is 2.15. The van der Waals surface area contributed by atoms with Gasteiger partial charge in [0, 0.05) is 10.9 Å². The molecule has 1 aliphatic heterocycles. The molecule has 0 saturated carbocycles. The van der Waals surface area contributed by atoms with E-state index in [0.29, 0.717) is 13.2 Å². The van der Waals surface area contributed by atoms with Crippen LogP contribution >= 0.6 is 27.3 Å². The highest BCUT2D eigenvalue weighted by molar-refractivity contribution is 9.08. The molecule has 1 aromatic heterocycles. The van der Waals surface area contributed by atoms with Crippen LogP contribution in [0.1, 0.15) is 16.0 Å². The van der Waals surface area contributed by atoms with Crippen LogP contribution in [-0.2, 0) is 20.6 Å². The van der Waals surface area contributed by atoms with Gasteiger partial charge in [-0.15, -0.1) is 11.3 Å². The van der Waals surface area contributed by atoms with Gasteiger partial charge in [-0.25, -0.2) is 0 Å². The van der Waals surface area contributed by atoms with Gasteiger partial charge >= 0.3 is 0 Å². The van der Waals surface area contributed by atoms with Crippen molar-refractivity contribution in [3.63, 3.8) is 0 Å². The van der Waals surface area contributed by atoms with E-state index in [0.717, 1.165) is 15.8 Å². The highest BCUT2D eigenvalue weighted by Gasteiger charge is 2.42. The van der Waals surface area contributed by atoms with Crippen molar-refractivity contribution in [3.8, 4) is 0 Å². The number of rotatable bonds is 3. The highest BCUT2D eigenvalue weighted by Crippen LogP contribution is 2.42. The highest BCUT2D eigenvalue weighted by atomic mass is 79.9. The molecule has 4 heteroatoms. The Labute approximate surface area is 119 Å². The quantitative estimate of drug-likeness (QED) is 0.797. The van der Waals surface area contributed by atoms with E-state index < -0.39 is 5.79 Å². The lowest BCUT2D eigenvalue weighted by Crippen LogP contribution is -2.28. The number of halogens is 1. The number of hydrogen-bond donors (Lipinski definition) is 0. The minimum absolute atomic E-state index is 0.633. The average Bonchev–Trinajstić information content (AvgIpc) is 3.10. The molecule has 0 amide bonds. The van der Waals surface area contributed by atoms with E-state index in [9.17, 15) is 0 Å². The SMILES string of the molecule is BrCc1ccccc1C1(c2cccs2)OCCO1. The van der Waals surface area contributed by atoms with E-state index >= 15 is 0 Å². The maximum atomic E-state index is 5.98. The molecule has 1 aromatic carbocycles. The predicted molar refractivity (Wildman–Crippen MR) is 76.1 cm³/mol. The maximum absolute atomic E-state index is 5.98. The van der Waals surface area contributed by atoms with Crippen LogP contribution in [0.4, 0.5) is 0 Å². The fraction of sp³-hybridized carbons (Fsp3) is 0.286. The Morgan fingerprint density at radius 1 is 1.11 bits per heavy atom. The van der Waals surface area contributed by atoms with Crippen LogP contribution in [-0.4, -0.2) is 13.2 Å². The molecule has 0 unspecified atom stereocenters. The first-order valence-electron chi connectivity index (χ1n) is 5.83. The summed E-state index contributed by atoms with van der Waals surface area (Å²) in [5.74, 6) is -0.710. The maximum Gasteiger partial charge on any atom is 0.232 e. The van der Waals surface area contributed by atoms with Gasteiger partial charge in [0.15, 0.2) is 0 Å². The topological polar surface area (TPSA) is 18.5 Å². The van der Waals surface area contributed by atoms with Gasteiger partial charge in [0.1, 0.15) is 0 Å². The molecule has 2 heterocycles. The van der Waals surface area contributed by atoms with Crippen LogP contribution in [0.25, 0.3) is 0 Å². The van der Waals surface area contributed by atoms with Crippen LogP contribution < -0.4 is 0 Å². The van der Waals surface area contributed by atoms with Crippen molar-refractivity contribution in [2.24, 2.45) is 0 Å². The molecule has 1 saturated heterocycles. The van der Waals surface area contributed by atoms with Crippen LogP contribution in [0.2, 0.25) is 0 Å². The monoisotopic (exact) mass is 324 g/mol. The van der Waals surface area contributed by atoms with E-state index in [1.165, 1.54) is 5.56 Å². The number of ether oxygens (including phenoxy) is 2. The van der Waals surface area contributed by atoms with Gasteiger partial charge in [0.05, 0.1) is 18.1 Å². The molecular formula is C14H13BrO2S. The van der Waals surface area contributed by atoms with Gasteiger partial charge in [0.2, 0.25) is 5.79 Å². The van der Waals surface area contributed by atoms with Crippen molar-refractivity contribution in [1.82, 2.24) is 0 Å². The third-order valence-corrected chi connectivity index (χ3v) is 4.61. The number of benzene rings is 1. The fourth-order valence-corrected chi connectivity index (χ4v) is 3.60. The van der Waals surface area contributed by atoms with Crippen LogP contribution in [0.15, 0.2) is 41.8 Å². The summed E-state index contributed by atoms with van der Waals surface area (Å²) in [6, 6.07) is 12.4. The fourth-order valence-electron chi connectivity index (χ4n) is 2.27. The standard InChI is InChI=1S/C14H13BrO2S/c15-10-11-4-1-2-5-12(11)14(16-7-8-17-14)13-6-3-9-18-13/h1-6,9H,7-8,10H2. The Morgan fingerprint density at radius 3 is 2.56 bits per heavy atom. The Bertz CT molecular complexity index is 518. The Hall–Kier alpha value is -0.680. The van der Waals surface area contributed by atoms with E-state index in [1.54, 1.807) is 11.3 Å². The van der Waals surface area contributed by atoms with Crippen molar-refractivity contribution in [2.75, 3.05) is 13.2 Å². The summed E-state index contributed by atoms with van der Waals surface area (Å²) in [6.45, 7) is 1.27. The molecule has 1 fully saturated rings. The first-order valence-corrected chi connectivity index (χ1v) is 7.83. The third kappa shape index (κ3) is 1.93. The zero-order chi connectivity index (χ0) is 12.4. The van der Waals surface area contributed by atoms with E-state index in [4.69, 9.17) is 9.47 Å². The first-order chi connectivity index (χ1) is 8.87. The molecule has 0 atom stereocenters. The lowest BCUT2D eigenvalue weighted by molar-refractivity contribution is -0.127. The summed E-state index contributed by atoms with van der Waals surface area (Å²) in [7, 11) is 0. The first kappa shape index (κ1) is 12.4. The molecule has 94 valence electrons. The molecule has 0 aliphatic carbocycles. The summed E-state index contributed by atoms with van der Waals surface area (Å²) in [5, 5.41) is 2.85. The molecule has 3 rings (SSSR count). The molecule has 1 aliphatic rings. The second kappa shape index (κ2) is 5.13. The number of alkyl halides is 1. The number of thiophene rings is 1. The molecule has 0 bridgehead atoms. The predicted octanol–water partition coefficient (Wildman–Crippen LogP) is 3.89. The van der Waals surface area contributed by atoms with Crippen molar-refractivity contribution in [1.29, 1.82) is 0 Å². The molecule has 0 radical (unpaired) electrons. The largest absolute Gasteiger partial charge is 0.339 e. The second-order valence-corrected chi connectivity index (χ2v) is 5.59. The second-order valence-electron chi connectivity index (χ2n) is 4.08. The minimum atomic E-state index is -0.710. The lowest BCUT2D eigenvalue weighted by atomic mass is 9.99. The van der Waals surface area contributed by atoms with Crippen molar-refractivity contribution >= 4 is 27.3 Å². The molecule has 2 nitrogen and oxygen atoms in total. The lowest BCUT2D eigenvalue weighted by Gasteiger charge is -2.28. The van der Waals surface area contributed by atoms with Crippen LogP contribution in [0.5, 0.6) is 0 Å². The van der Waals surface area contributed by atoms with Gasteiger partial charge in [-0.2, -0.15) is 0 Å². The zero-order valence-electron chi connectivity index (χ0n) is 9.77. The molecule has 0 spiro atoms. The van der Waals surface area contributed by atoms with E-state index in [2.05, 4.69) is 39.5 Å². The summed E-state index contributed by atoms with van der Waals surface area (Å²) in [6.07, 6.45) is 0. The van der Waals surface area contributed by atoms with Gasteiger partial charge in [-0.1, -0.05) is 46.3 Å². The Kier molecular flexibility index (Phi) is 3.52. The number of hydrogen-bond acceptors (Lipinski definition) is 3. The van der Waals surface area contributed by atoms with Gasteiger partial charge in [-0.3, -0.25) is 0 Å². The average molecular weight is 325 g/mol. The summed E-state index contributed by atoms with van der Waals surface area (Å²) >= 11 is 5.20. The van der Waals surface area contributed by atoms with E-state index in [1.807, 2.05) is 18.2 Å². The summed E-state index contributed by atoms with van der Waals surface area (Å²) < 4.78 is 12.0. The van der Waals surface area contributed by atoms with Gasteiger partial charge in [-0.05, 0) is 17.0 Å². The molecular weight excluding hydrogens is 312 g/mol. The third-order valence-electron chi connectivity index (χ3n) is 3.06. The molecule has 18 heavy (non-hydrogen) atoms. The van der Waals surface area contributed by atoms with Crippen LogP contribution in [0.3, 0.4) is 0 Å². The van der Waals surface area contributed by atoms with Crippen molar-refractivity contribution < 1.29 is 9.47 Å². The summed E-state index contributed by atoms with van der Waals surface area (Å²) in [5.41, 5.74) is 2.30. The summed E-state index contributed by atoms with van der Waals surface area (Å²) in [4.78, 5) is 1.11. The molecule has 2 aromatic rings. The van der Waals surface area contributed by atoms with Crippen LogP contribution in [0, 0.1) is 0 Å². The molecule has 0 N–H and O–H groups in total. The normalized spacial score (nSPS) is 18.1. The van der Waals surface area contributed by atoms with Gasteiger partial charge in [0.25, 0.3) is 0 Å². The van der Waals surface area contributed by atoms with Crippen molar-refractivity contribution in [3.05, 3.63) is 57.8 Å². The van der Waals surface area contributed by atoms with Gasteiger partial charge < -0.3 is 9.47 Å².